The molecule has 0 amide bonds. The van der Waals surface area contributed by atoms with Crippen LogP contribution in [0, 0.1) is 11.6 Å². The van der Waals surface area contributed by atoms with Gasteiger partial charge in [0.1, 0.15) is 6.73 Å². The maximum atomic E-state index is 15.0. The maximum Gasteiger partial charge on any atom is 0.334 e. The normalized spacial score (nSPS) is 14.9. The van der Waals surface area contributed by atoms with Gasteiger partial charge in [-0.25, -0.2) is 18.8 Å². The molecule has 9 heteroatoms. The van der Waals surface area contributed by atoms with E-state index in [0.29, 0.717) is 23.6 Å². The van der Waals surface area contributed by atoms with Gasteiger partial charge in [0.15, 0.2) is 11.6 Å². The van der Waals surface area contributed by atoms with Crippen molar-refractivity contribution in [3.05, 3.63) is 35.0 Å². The molecule has 0 aromatic heterocycles. The van der Waals surface area contributed by atoms with Crippen molar-refractivity contribution < 1.29 is 23.3 Å². The molecule has 0 atom stereocenters. The lowest BCUT2D eigenvalue weighted by Gasteiger charge is -2.37. The fraction of sp³-hybridized carbons (Fsp3) is 0.609. The van der Waals surface area contributed by atoms with E-state index in [4.69, 9.17) is 15.1 Å². The lowest BCUT2D eigenvalue weighted by atomic mass is 9.81. The van der Waals surface area contributed by atoms with Gasteiger partial charge < -0.3 is 20.2 Å². The minimum atomic E-state index is -1.19. The molecule has 0 spiro atoms. The van der Waals surface area contributed by atoms with Crippen molar-refractivity contribution in [2.45, 2.75) is 52.7 Å². The van der Waals surface area contributed by atoms with Crippen molar-refractivity contribution in [3.63, 3.8) is 0 Å². The number of halogens is 2. The molecule has 1 radical (unpaired) electrons. The maximum absolute atomic E-state index is 15.0. The van der Waals surface area contributed by atoms with Gasteiger partial charge in [-0.15, -0.1) is 0 Å². The number of hydrogen-bond acceptors (Lipinski definition) is 5. The molecule has 1 aromatic rings. The van der Waals surface area contributed by atoms with Crippen LogP contribution in [0.3, 0.4) is 0 Å². The molecule has 0 saturated carbocycles. The number of ether oxygens (including phenoxy) is 1. The van der Waals surface area contributed by atoms with Crippen molar-refractivity contribution in [1.82, 2.24) is 0 Å². The van der Waals surface area contributed by atoms with Gasteiger partial charge in [-0.05, 0) is 65.8 Å². The molecular weight excluding hydrogens is 433 g/mol. The van der Waals surface area contributed by atoms with E-state index in [1.807, 2.05) is 0 Å². The number of rotatable bonds is 11. The minimum Gasteiger partial charge on any atom is -0.427 e. The number of nitrogens with zero attached hydrogens (tertiary/aromatic N) is 1. The van der Waals surface area contributed by atoms with Gasteiger partial charge in [-0.3, -0.25) is 4.99 Å². The van der Waals surface area contributed by atoms with Crippen molar-refractivity contribution in [2.24, 2.45) is 10.7 Å². The monoisotopic (exact) mass is 471 g/mol. The molecule has 0 aliphatic rings. The number of aliphatic imine (C=N–C) groups is 1. The molecule has 0 saturated heterocycles. The zero-order valence-electron chi connectivity index (χ0n) is 20.8. The summed E-state index contributed by atoms with van der Waals surface area (Å²) in [7, 11) is 0.460. The van der Waals surface area contributed by atoms with E-state index in [2.05, 4.69) is 23.8 Å². The number of allylic oxidation sites excluding steroid dienone is 2. The highest BCUT2D eigenvalue weighted by Crippen LogP contribution is 2.33. The summed E-state index contributed by atoms with van der Waals surface area (Å²) >= 11 is 0. The molecule has 0 aliphatic carbocycles. The Morgan fingerprint density at radius 1 is 1.12 bits per heavy atom. The second-order valence-electron chi connectivity index (χ2n) is 9.77. The summed E-state index contributed by atoms with van der Waals surface area (Å²) in [4.78, 5) is 4.35. The molecule has 1 aromatic carbocycles. The van der Waals surface area contributed by atoms with Gasteiger partial charge in [-0.1, -0.05) is 12.1 Å². The van der Waals surface area contributed by atoms with Crippen molar-refractivity contribution >= 4 is 34.3 Å². The summed E-state index contributed by atoms with van der Waals surface area (Å²) in [5, 5.41) is 10.2. The molecule has 5 nitrogen and oxygen atoms in total. The Morgan fingerprint density at radius 2 is 1.72 bits per heavy atom. The molecule has 0 bridgehead atoms. The predicted molar refractivity (Wildman–Crippen MR) is 134 cm³/mol. The molecule has 0 unspecified atom stereocenters. The number of hydrogen-bond donors (Lipinski definition) is 2. The van der Waals surface area contributed by atoms with Crippen molar-refractivity contribution in [3.8, 4) is 0 Å². The van der Waals surface area contributed by atoms with Gasteiger partial charge in [0.05, 0.1) is 17.8 Å². The summed E-state index contributed by atoms with van der Waals surface area (Å²) in [6.07, 6.45) is 6.62. The summed E-state index contributed by atoms with van der Waals surface area (Å²) in [6, 6.07) is 2.85. The molecule has 0 aliphatic heterocycles. The van der Waals surface area contributed by atoms with Crippen LogP contribution in [-0.2, 0) is 9.39 Å². The highest BCUT2D eigenvalue weighted by Gasteiger charge is 2.36. The van der Waals surface area contributed by atoms with E-state index in [9.17, 15) is 13.9 Å². The summed E-state index contributed by atoms with van der Waals surface area (Å²) in [5.74, 6) is -1.15. The highest BCUT2D eigenvalue weighted by molar-refractivity contribution is 8.32. The predicted octanol–water partition coefficient (Wildman–Crippen LogP) is 3.59. The van der Waals surface area contributed by atoms with Gasteiger partial charge in [0, 0.05) is 28.3 Å². The van der Waals surface area contributed by atoms with Crippen LogP contribution < -0.4 is 11.2 Å². The smallest absolute Gasteiger partial charge is 0.334 e. The number of aliphatic hydroxyl groups is 1. The first-order valence-corrected chi connectivity index (χ1v) is 13.4. The Bertz CT molecular complexity index is 856. The Balaban J connectivity index is 3.05. The van der Waals surface area contributed by atoms with E-state index in [-0.39, 0.29) is 17.8 Å². The number of benzene rings is 1. The SMILES string of the molecule is C/C(N)=C(/C(C)=N/COCCS(C)(C)C)c1ccc([B]OC(C)(C)C(C)(C)O)c(F)c1F. The molecular formula is C23H38BF2N2O3S. The Morgan fingerprint density at radius 3 is 2.22 bits per heavy atom. The average molecular weight is 471 g/mol. The van der Waals surface area contributed by atoms with Gasteiger partial charge in [-0.2, -0.15) is 0 Å². The molecule has 0 heterocycles. The fourth-order valence-corrected chi connectivity index (χ4v) is 3.11. The van der Waals surface area contributed by atoms with Crippen LogP contribution in [0.1, 0.15) is 47.1 Å². The molecule has 32 heavy (non-hydrogen) atoms. The van der Waals surface area contributed by atoms with Crippen LogP contribution in [0.15, 0.2) is 22.8 Å². The van der Waals surface area contributed by atoms with Gasteiger partial charge in [0.25, 0.3) is 0 Å². The second-order valence-corrected chi connectivity index (χ2v) is 14.4. The molecule has 3 N–H and O–H groups in total. The first-order chi connectivity index (χ1) is 14.5. The molecule has 181 valence electrons. The van der Waals surface area contributed by atoms with E-state index in [1.54, 1.807) is 41.5 Å². The van der Waals surface area contributed by atoms with Crippen LogP contribution in [-0.4, -0.2) is 67.4 Å². The van der Waals surface area contributed by atoms with Crippen molar-refractivity contribution in [1.29, 1.82) is 0 Å². The Hall–Kier alpha value is -1.42. The van der Waals surface area contributed by atoms with Crippen LogP contribution >= 0.6 is 10.0 Å². The summed E-state index contributed by atoms with van der Waals surface area (Å²) < 4.78 is 40.9. The van der Waals surface area contributed by atoms with E-state index >= 15 is 0 Å². The zero-order chi connectivity index (χ0) is 24.9. The largest absolute Gasteiger partial charge is 0.427 e. The van der Waals surface area contributed by atoms with Crippen LogP contribution in [0.2, 0.25) is 0 Å². The average Bonchev–Trinajstić information content (AvgIpc) is 2.62. The number of nitrogens with two attached hydrogens (primary N) is 1. The molecule has 1 rings (SSSR count). The van der Waals surface area contributed by atoms with E-state index in [1.165, 1.54) is 12.1 Å². The third-order valence-corrected chi connectivity index (χ3v) is 6.72. The zero-order valence-corrected chi connectivity index (χ0v) is 21.6. The second kappa shape index (κ2) is 11.1. The quantitative estimate of drug-likeness (QED) is 0.294. The van der Waals surface area contributed by atoms with Crippen molar-refractivity contribution in [2.75, 3.05) is 37.9 Å². The minimum absolute atomic E-state index is 0.0155. The van der Waals surface area contributed by atoms with E-state index < -0.39 is 32.9 Å². The Kier molecular flexibility index (Phi) is 9.96. The first-order valence-electron chi connectivity index (χ1n) is 10.4. The van der Waals surface area contributed by atoms with Crippen LogP contribution in [0.4, 0.5) is 8.78 Å². The van der Waals surface area contributed by atoms with Gasteiger partial charge >= 0.3 is 7.48 Å². The third kappa shape index (κ3) is 8.17. The Labute approximate surface area is 194 Å². The van der Waals surface area contributed by atoms with Crippen LogP contribution in [0.5, 0.6) is 0 Å². The van der Waals surface area contributed by atoms with Gasteiger partial charge in [0.2, 0.25) is 0 Å². The molecule has 0 fully saturated rings. The third-order valence-electron chi connectivity index (χ3n) is 5.32. The summed E-state index contributed by atoms with van der Waals surface area (Å²) in [6.45, 7) is 10.5. The van der Waals surface area contributed by atoms with E-state index in [0.717, 1.165) is 13.2 Å². The van der Waals surface area contributed by atoms with Crippen LogP contribution in [0.25, 0.3) is 5.57 Å². The highest BCUT2D eigenvalue weighted by atomic mass is 32.3. The lowest BCUT2D eigenvalue weighted by molar-refractivity contribution is -0.0893. The fourth-order valence-electron chi connectivity index (χ4n) is 2.49. The topological polar surface area (TPSA) is 77.1 Å². The summed E-state index contributed by atoms with van der Waals surface area (Å²) in [5.41, 5.74) is 4.85. The lowest BCUT2D eigenvalue weighted by Crippen LogP contribution is -2.49. The standard InChI is InChI=1S/C23H38BF2N2O3S/c1-15(27)19(16(2)28-14-30-12-13-32(7,8)9)17-10-11-18(21(26)20(17)25)24-31-23(5,6)22(3,4)29/h10-11,29H,12-14,27H2,1-9H3/b19-15+,28-16+. The first kappa shape index (κ1) is 28.6.